The van der Waals surface area contributed by atoms with Gasteiger partial charge in [-0.2, -0.15) is 0 Å². The highest BCUT2D eigenvalue weighted by molar-refractivity contribution is 7.90. The third kappa shape index (κ3) is 4.55. The minimum atomic E-state index is -3.95. The van der Waals surface area contributed by atoms with Crippen LogP contribution in [-0.2, 0) is 9.84 Å². The van der Waals surface area contributed by atoms with Gasteiger partial charge in [-0.25, -0.2) is 26.0 Å². The monoisotopic (exact) mass is 576 g/mol. The third-order valence-corrected chi connectivity index (χ3v) is 8.44. The van der Waals surface area contributed by atoms with Crippen LogP contribution >= 0.6 is 11.6 Å². The number of halogens is 5. The number of sulfone groups is 1. The lowest BCUT2D eigenvalue weighted by Gasteiger charge is -2.18. The number of aryl methyl sites for hydroxylation is 2. The Labute approximate surface area is 226 Å². The van der Waals surface area contributed by atoms with Crippen molar-refractivity contribution in [2.24, 2.45) is 0 Å². The molecule has 0 radical (unpaired) electrons. The molecule has 2 aromatic carbocycles. The Morgan fingerprint density at radius 1 is 0.949 bits per heavy atom. The summed E-state index contributed by atoms with van der Waals surface area (Å²) < 4.78 is 84.2. The van der Waals surface area contributed by atoms with Gasteiger partial charge in [0.2, 0.25) is 0 Å². The molecule has 2 heterocycles. The minimum absolute atomic E-state index is 0.192. The van der Waals surface area contributed by atoms with Crippen molar-refractivity contribution in [3.63, 3.8) is 0 Å². The maximum atomic E-state index is 16.0. The first kappa shape index (κ1) is 27.1. The molecule has 0 saturated heterocycles. The molecule has 1 fully saturated rings. The third-order valence-electron chi connectivity index (χ3n) is 6.95. The van der Waals surface area contributed by atoms with E-state index < -0.39 is 49.3 Å². The molecule has 2 atom stereocenters. The second kappa shape index (κ2) is 9.60. The summed E-state index contributed by atoms with van der Waals surface area (Å²) in [6.45, 7) is 3.07. The summed E-state index contributed by atoms with van der Waals surface area (Å²) in [5, 5.41) is -0.202. The van der Waals surface area contributed by atoms with E-state index >= 15 is 8.78 Å². The summed E-state index contributed by atoms with van der Waals surface area (Å²) in [4.78, 5) is 16.8. The molecule has 1 saturated carbocycles. The molecule has 2 aromatic heterocycles. The van der Waals surface area contributed by atoms with E-state index in [1.165, 1.54) is 37.4 Å². The molecule has 39 heavy (non-hydrogen) atoms. The van der Waals surface area contributed by atoms with Gasteiger partial charge < -0.3 is 0 Å². The van der Waals surface area contributed by atoms with Crippen molar-refractivity contribution in [1.29, 1.82) is 0 Å². The Hall–Kier alpha value is -3.50. The highest BCUT2D eigenvalue weighted by atomic mass is 35.5. The summed E-state index contributed by atoms with van der Waals surface area (Å²) >= 11 is 6.47. The largest absolute Gasteiger partial charge is 0.277 e. The van der Waals surface area contributed by atoms with Crippen molar-refractivity contribution in [1.82, 2.24) is 9.55 Å². The van der Waals surface area contributed by atoms with Crippen LogP contribution in [0.3, 0.4) is 0 Å². The SMILES string of the molecule is Cc1cnc(-c2cccc(S(C)(=O)=O)c2F)c(F)c1-n1c(C)cc([C@H]2C[C@@H]2c2cccc(F)c2F)c(Cl)c1=O. The maximum Gasteiger partial charge on any atom is 0.274 e. The van der Waals surface area contributed by atoms with Gasteiger partial charge in [0.1, 0.15) is 15.6 Å². The smallest absolute Gasteiger partial charge is 0.274 e. The Kier molecular flexibility index (Phi) is 6.67. The Balaban J connectivity index is 1.62. The van der Waals surface area contributed by atoms with E-state index in [1.54, 1.807) is 13.0 Å². The molecular formula is C28H21ClF4N2O3S. The van der Waals surface area contributed by atoms with Gasteiger partial charge in [0.15, 0.2) is 33.1 Å². The molecule has 0 amide bonds. The molecule has 0 spiro atoms. The molecular weight excluding hydrogens is 556 g/mol. The van der Waals surface area contributed by atoms with Crippen LogP contribution in [-0.4, -0.2) is 24.2 Å². The Morgan fingerprint density at radius 2 is 1.62 bits per heavy atom. The first-order chi connectivity index (χ1) is 18.3. The maximum absolute atomic E-state index is 16.0. The molecule has 202 valence electrons. The highest BCUT2D eigenvalue weighted by Crippen LogP contribution is 2.56. The molecule has 11 heteroatoms. The minimum Gasteiger partial charge on any atom is -0.277 e. The van der Waals surface area contributed by atoms with Crippen molar-refractivity contribution >= 4 is 21.4 Å². The van der Waals surface area contributed by atoms with Crippen LogP contribution in [0.1, 0.15) is 40.6 Å². The van der Waals surface area contributed by atoms with Crippen LogP contribution < -0.4 is 5.56 Å². The van der Waals surface area contributed by atoms with E-state index in [2.05, 4.69) is 4.98 Å². The average molecular weight is 577 g/mol. The van der Waals surface area contributed by atoms with E-state index in [0.29, 0.717) is 17.7 Å². The summed E-state index contributed by atoms with van der Waals surface area (Å²) in [7, 11) is -3.95. The number of benzene rings is 2. The van der Waals surface area contributed by atoms with E-state index in [1.807, 2.05) is 0 Å². The molecule has 0 N–H and O–H groups in total. The number of hydrogen-bond acceptors (Lipinski definition) is 4. The summed E-state index contributed by atoms with van der Waals surface area (Å²) in [5.74, 6) is -4.82. The predicted molar refractivity (Wildman–Crippen MR) is 139 cm³/mol. The highest BCUT2D eigenvalue weighted by Gasteiger charge is 2.43. The van der Waals surface area contributed by atoms with Crippen LogP contribution in [0.5, 0.6) is 0 Å². The molecule has 0 bridgehead atoms. The van der Waals surface area contributed by atoms with Crippen molar-refractivity contribution in [3.05, 3.63) is 110 Å². The predicted octanol–water partition coefficient (Wildman–Crippen LogP) is 6.40. The van der Waals surface area contributed by atoms with Crippen LogP contribution in [0, 0.1) is 37.1 Å². The van der Waals surface area contributed by atoms with Crippen molar-refractivity contribution in [2.75, 3.05) is 6.26 Å². The van der Waals surface area contributed by atoms with E-state index in [4.69, 9.17) is 11.6 Å². The lowest BCUT2D eigenvalue weighted by Crippen LogP contribution is -2.24. The summed E-state index contributed by atoms with van der Waals surface area (Å²) in [5.41, 5.74) is -0.660. The zero-order valence-electron chi connectivity index (χ0n) is 20.9. The van der Waals surface area contributed by atoms with Gasteiger partial charge in [-0.15, -0.1) is 0 Å². The van der Waals surface area contributed by atoms with Crippen molar-refractivity contribution in [3.8, 4) is 16.9 Å². The quantitative estimate of drug-likeness (QED) is 0.258. The zero-order chi connectivity index (χ0) is 28.4. The van der Waals surface area contributed by atoms with E-state index in [-0.39, 0.29) is 39.2 Å². The second-order valence-electron chi connectivity index (χ2n) is 9.63. The van der Waals surface area contributed by atoms with Crippen molar-refractivity contribution < 1.29 is 26.0 Å². The fourth-order valence-corrected chi connectivity index (χ4v) is 6.02. The molecule has 4 aromatic rings. The van der Waals surface area contributed by atoms with E-state index in [9.17, 15) is 22.0 Å². The lowest BCUT2D eigenvalue weighted by molar-refractivity contribution is 0.498. The van der Waals surface area contributed by atoms with Gasteiger partial charge in [-0.1, -0.05) is 29.8 Å². The molecule has 0 aliphatic heterocycles. The van der Waals surface area contributed by atoms with Gasteiger partial charge in [-0.3, -0.25) is 14.3 Å². The lowest BCUT2D eigenvalue weighted by atomic mass is 10.0. The van der Waals surface area contributed by atoms with Crippen LogP contribution in [0.25, 0.3) is 16.9 Å². The molecule has 5 rings (SSSR count). The molecule has 0 unspecified atom stereocenters. The first-order valence-corrected chi connectivity index (χ1v) is 14.1. The Morgan fingerprint density at radius 3 is 2.31 bits per heavy atom. The van der Waals surface area contributed by atoms with Crippen molar-refractivity contribution in [2.45, 2.75) is 37.0 Å². The second-order valence-corrected chi connectivity index (χ2v) is 12.0. The zero-order valence-corrected chi connectivity index (χ0v) is 22.5. The number of pyridine rings is 2. The van der Waals surface area contributed by atoms with Gasteiger partial charge >= 0.3 is 0 Å². The average Bonchev–Trinajstić information content (AvgIpc) is 3.65. The standard InChI is InChI=1S/C28H21ClF4N2O3S/c1-13-12-34-26(16-7-5-9-21(24(16)32)39(3,37)38)25(33)27(13)35-14(2)10-19(22(29)28(35)36)18-11-17(18)15-6-4-8-20(30)23(15)31/h4-10,12,17-18H,11H2,1-3H3/t17-,18+/m1/s1. The molecule has 1 aliphatic rings. The normalized spacial score (nSPS) is 16.9. The molecule has 5 nitrogen and oxygen atoms in total. The Bertz CT molecular complexity index is 1840. The fraction of sp³-hybridized carbons (Fsp3) is 0.214. The number of hydrogen-bond donors (Lipinski definition) is 0. The van der Waals surface area contributed by atoms with E-state index in [0.717, 1.165) is 23.0 Å². The summed E-state index contributed by atoms with van der Waals surface area (Å²) in [6, 6.07) is 9.04. The van der Waals surface area contributed by atoms with Gasteiger partial charge in [-0.05, 0) is 73.1 Å². The number of rotatable bonds is 5. The van der Waals surface area contributed by atoms with Crippen LogP contribution in [0.2, 0.25) is 5.02 Å². The van der Waals surface area contributed by atoms with Crippen LogP contribution in [0.4, 0.5) is 17.6 Å². The van der Waals surface area contributed by atoms with Gasteiger partial charge in [0.25, 0.3) is 5.56 Å². The first-order valence-electron chi connectivity index (χ1n) is 11.8. The fourth-order valence-electron chi connectivity index (χ4n) is 4.98. The topological polar surface area (TPSA) is 69.0 Å². The number of aromatic nitrogens is 2. The van der Waals surface area contributed by atoms with Gasteiger partial charge in [0, 0.05) is 23.7 Å². The number of nitrogens with zero attached hydrogens (tertiary/aromatic N) is 2. The van der Waals surface area contributed by atoms with Crippen LogP contribution in [0.15, 0.2) is 58.4 Å². The molecule has 1 aliphatic carbocycles. The van der Waals surface area contributed by atoms with Gasteiger partial charge in [0.05, 0.1) is 5.69 Å². The summed E-state index contributed by atoms with van der Waals surface area (Å²) in [6.07, 6.45) is 2.53.